The summed E-state index contributed by atoms with van der Waals surface area (Å²) in [5.41, 5.74) is 7.70. The minimum absolute atomic E-state index is 0.0251. The zero-order valence-corrected chi connectivity index (χ0v) is 16.3. The van der Waals surface area contributed by atoms with Crippen LogP contribution < -0.4 is 11.3 Å². The fraction of sp³-hybridized carbons (Fsp3) is 0.450. The van der Waals surface area contributed by atoms with Gasteiger partial charge in [0.25, 0.3) is 5.56 Å². The quantitative estimate of drug-likeness (QED) is 0.484. The van der Waals surface area contributed by atoms with E-state index in [2.05, 4.69) is 11.9 Å². The van der Waals surface area contributed by atoms with E-state index >= 15 is 0 Å². The Morgan fingerprint density at radius 3 is 2.89 bits per heavy atom. The van der Waals surface area contributed by atoms with Crippen molar-refractivity contribution in [1.29, 1.82) is 0 Å². The van der Waals surface area contributed by atoms with Crippen LogP contribution in [0.2, 0.25) is 0 Å². The number of nitrogens with zero attached hydrogens (tertiary/aromatic N) is 2. The molecule has 1 aromatic carbocycles. The summed E-state index contributed by atoms with van der Waals surface area (Å²) < 4.78 is 7.36. The first kappa shape index (κ1) is 18.1. The Kier molecular flexibility index (Phi) is 4.50. The molecule has 0 amide bonds. The topological polar surface area (TPSA) is 87.2 Å². The minimum atomic E-state index is -0.420. The molecule has 1 aromatic heterocycles. The molecule has 0 radical (unpaired) electrons. The SMILES string of the molecule is Cc1cccc(-n2c(N)cc(=O)nc2SCC(=O)OC2CC3CCC32C)c1. The van der Waals surface area contributed by atoms with Crippen molar-refractivity contribution in [3.8, 4) is 5.69 Å². The van der Waals surface area contributed by atoms with Crippen LogP contribution in [0.25, 0.3) is 5.69 Å². The third kappa shape index (κ3) is 3.25. The van der Waals surface area contributed by atoms with E-state index in [1.807, 2.05) is 31.2 Å². The lowest BCUT2D eigenvalue weighted by Crippen LogP contribution is -2.59. The predicted octanol–water partition coefficient (Wildman–Crippen LogP) is 2.95. The van der Waals surface area contributed by atoms with Crippen molar-refractivity contribution >= 4 is 23.5 Å². The van der Waals surface area contributed by atoms with E-state index in [4.69, 9.17) is 10.5 Å². The number of aryl methyl sites for hydroxylation is 1. The molecule has 0 spiro atoms. The Balaban J connectivity index is 1.50. The fourth-order valence-electron chi connectivity index (χ4n) is 4.08. The van der Waals surface area contributed by atoms with Crippen molar-refractivity contribution in [3.63, 3.8) is 0 Å². The molecule has 2 saturated carbocycles. The minimum Gasteiger partial charge on any atom is -0.461 e. The highest BCUT2D eigenvalue weighted by Gasteiger charge is 2.59. The number of ether oxygens (including phenoxy) is 1. The summed E-state index contributed by atoms with van der Waals surface area (Å²) in [5.74, 6) is 0.827. The van der Waals surface area contributed by atoms with Crippen LogP contribution in [0.5, 0.6) is 0 Å². The first-order valence-electron chi connectivity index (χ1n) is 9.16. The lowest BCUT2D eigenvalue weighted by atomic mass is 9.47. The van der Waals surface area contributed by atoms with Crippen LogP contribution >= 0.6 is 11.8 Å². The van der Waals surface area contributed by atoms with E-state index in [1.165, 1.54) is 24.2 Å². The van der Waals surface area contributed by atoms with Crippen molar-refractivity contribution in [3.05, 3.63) is 46.2 Å². The van der Waals surface area contributed by atoms with Crippen molar-refractivity contribution in [2.75, 3.05) is 11.5 Å². The van der Waals surface area contributed by atoms with E-state index in [0.29, 0.717) is 16.9 Å². The third-order valence-corrected chi connectivity index (χ3v) is 6.89. The smallest absolute Gasteiger partial charge is 0.316 e. The van der Waals surface area contributed by atoms with Gasteiger partial charge in [0.1, 0.15) is 11.9 Å². The highest BCUT2D eigenvalue weighted by atomic mass is 32.2. The van der Waals surface area contributed by atoms with Crippen LogP contribution in [0.3, 0.4) is 0 Å². The highest BCUT2D eigenvalue weighted by molar-refractivity contribution is 7.99. The first-order valence-corrected chi connectivity index (χ1v) is 10.1. The number of benzene rings is 1. The second-order valence-corrected chi connectivity index (χ2v) is 8.66. The molecule has 0 aliphatic heterocycles. The molecule has 3 atom stereocenters. The van der Waals surface area contributed by atoms with Gasteiger partial charge in [0.05, 0.1) is 5.75 Å². The number of rotatable bonds is 5. The number of carbonyl (C=O) groups excluding carboxylic acids is 1. The number of esters is 1. The first-order chi connectivity index (χ1) is 12.9. The standard InChI is InChI=1S/C20H23N3O3S/c1-12-4-3-5-14(8-12)23-16(21)10-17(24)22-19(23)27-11-18(25)26-15-9-13-6-7-20(13,15)2/h3-5,8,10,13,15H,6-7,9,11,21H2,1-2H3. The summed E-state index contributed by atoms with van der Waals surface area (Å²) in [5, 5.41) is 0.392. The average Bonchev–Trinajstić information content (AvgIpc) is 2.61. The van der Waals surface area contributed by atoms with E-state index < -0.39 is 5.56 Å². The Bertz CT molecular complexity index is 958. The summed E-state index contributed by atoms with van der Waals surface area (Å²) in [6.45, 7) is 4.18. The van der Waals surface area contributed by atoms with Crippen LogP contribution in [0.1, 0.15) is 31.7 Å². The third-order valence-electron chi connectivity index (χ3n) is 5.98. The molecule has 2 aromatic rings. The largest absolute Gasteiger partial charge is 0.461 e. The van der Waals surface area contributed by atoms with Gasteiger partial charge in [0, 0.05) is 17.2 Å². The maximum Gasteiger partial charge on any atom is 0.316 e. The van der Waals surface area contributed by atoms with Gasteiger partial charge in [-0.1, -0.05) is 30.8 Å². The summed E-state index contributed by atoms with van der Waals surface area (Å²) in [6, 6.07) is 9.03. The molecule has 2 N–H and O–H groups in total. The number of carbonyl (C=O) groups is 1. The Morgan fingerprint density at radius 2 is 2.26 bits per heavy atom. The van der Waals surface area contributed by atoms with Gasteiger partial charge < -0.3 is 10.5 Å². The monoisotopic (exact) mass is 385 g/mol. The van der Waals surface area contributed by atoms with Gasteiger partial charge in [0.15, 0.2) is 5.16 Å². The van der Waals surface area contributed by atoms with Crippen LogP contribution in [0, 0.1) is 18.3 Å². The molecule has 2 aliphatic carbocycles. The molecule has 6 nitrogen and oxygen atoms in total. The molecule has 27 heavy (non-hydrogen) atoms. The number of hydrogen-bond acceptors (Lipinski definition) is 6. The molecule has 0 bridgehead atoms. The second kappa shape index (κ2) is 6.71. The second-order valence-electron chi connectivity index (χ2n) is 7.72. The molecule has 3 unspecified atom stereocenters. The summed E-state index contributed by atoms with van der Waals surface area (Å²) >= 11 is 1.18. The fourth-order valence-corrected chi connectivity index (χ4v) is 4.89. The summed E-state index contributed by atoms with van der Waals surface area (Å²) in [6.07, 6.45) is 3.37. The van der Waals surface area contributed by atoms with Gasteiger partial charge in [-0.3, -0.25) is 14.2 Å². The van der Waals surface area contributed by atoms with Crippen molar-refractivity contribution in [1.82, 2.24) is 9.55 Å². The number of thioether (sulfide) groups is 1. The van der Waals surface area contributed by atoms with Crippen molar-refractivity contribution in [2.24, 2.45) is 11.3 Å². The highest BCUT2D eigenvalue weighted by Crippen LogP contribution is 2.61. The zero-order chi connectivity index (χ0) is 19.2. The van der Waals surface area contributed by atoms with Gasteiger partial charge in [-0.05, 0) is 49.8 Å². The van der Waals surface area contributed by atoms with Crippen LogP contribution in [0.4, 0.5) is 5.82 Å². The Morgan fingerprint density at radius 1 is 1.44 bits per heavy atom. The maximum atomic E-state index is 12.3. The molecular formula is C20H23N3O3S. The normalized spacial score (nSPS) is 25.9. The van der Waals surface area contributed by atoms with Crippen LogP contribution in [-0.2, 0) is 9.53 Å². The van der Waals surface area contributed by atoms with Crippen molar-refractivity contribution in [2.45, 2.75) is 44.4 Å². The van der Waals surface area contributed by atoms with Gasteiger partial charge in [0.2, 0.25) is 0 Å². The van der Waals surface area contributed by atoms with Gasteiger partial charge in [-0.25, -0.2) is 0 Å². The molecule has 1 heterocycles. The van der Waals surface area contributed by atoms with Crippen molar-refractivity contribution < 1.29 is 9.53 Å². The molecule has 7 heteroatoms. The Labute approximate surface area is 162 Å². The lowest BCUT2D eigenvalue weighted by Gasteiger charge is -2.61. The molecule has 142 valence electrons. The summed E-state index contributed by atoms with van der Waals surface area (Å²) in [7, 11) is 0. The number of nitrogen functional groups attached to an aromatic ring is 1. The molecule has 2 fully saturated rings. The average molecular weight is 385 g/mol. The van der Waals surface area contributed by atoms with Gasteiger partial charge >= 0.3 is 5.97 Å². The molecular weight excluding hydrogens is 362 g/mol. The molecule has 0 saturated heterocycles. The predicted molar refractivity (Wildman–Crippen MR) is 105 cm³/mol. The number of nitrogens with two attached hydrogens (primary N) is 1. The summed E-state index contributed by atoms with van der Waals surface area (Å²) in [4.78, 5) is 28.2. The van der Waals surface area contributed by atoms with E-state index in [9.17, 15) is 9.59 Å². The van der Waals surface area contributed by atoms with E-state index in [1.54, 1.807) is 4.57 Å². The number of aromatic nitrogens is 2. The van der Waals surface area contributed by atoms with Gasteiger partial charge in [-0.2, -0.15) is 4.98 Å². The van der Waals surface area contributed by atoms with E-state index in [0.717, 1.165) is 24.1 Å². The zero-order valence-electron chi connectivity index (χ0n) is 15.5. The maximum absolute atomic E-state index is 12.3. The Hall–Kier alpha value is -2.28. The molecule has 2 aliphatic rings. The number of fused-ring (bicyclic) bond motifs is 1. The number of hydrogen-bond donors (Lipinski definition) is 1. The number of anilines is 1. The van der Waals surface area contributed by atoms with Crippen LogP contribution in [0.15, 0.2) is 40.3 Å². The van der Waals surface area contributed by atoms with Crippen LogP contribution in [-0.4, -0.2) is 27.4 Å². The van der Waals surface area contributed by atoms with E-state index in [-0.39, 0.29) is 23.2 Å². The molecule has 4 rings (SSSR count). The van der Waals surface area contributed by atoms with Gasteiger partial charge in [-0.15, -0.1) is 0 Å². The lowest BCUT2D eigenvalue weighted by molar-refractivity contribution is -0.205.